The van der Waals surface area contributed by atoms with Crippen LogP contribution in [-0.2, 0) is 12.0 Å². The van der Waals surface area contributed by atoms with Crippen LogP contribution in [0.3, 0.4) is 0 Å². The summed E-state index contributed by atoms with van der Waals surface area (Å²) < 4.78 is 5.83. The molecule has 1 saturated heterocycles. The van der Waals surface area contributed by atoms with E-state index in [1.807, 2.05) is 6.20 Å². The Bertz CT molecular complexity index is 606. The van der Waals surface area contributed by atoms with E-state index in [1.165, 1.54) is 5.57 Å². The van der Waals surface area contributed by atoms with Gasteiger partial charge in [-0.2, -0.15) is 0 Å². The van der Waals surface area contributed by atoms with E-state index >= 15 is 0 Å². The molecule has 0 aliphatic carbocycles. The molecule has 1 aromatic rings. The summed E-state index contributed by atoms with van der Waals surface area (Å²) in [5, 5.41) is 6.88. The van der Waals surface area contributed by atoms with Gasteiger partial charge in [0.2, 0.25) is 5.89 Å². The van der Waals surface area contributed by atoms with Crippen molar-refractivity contribution in [3.63, 3.8) is 0 Å². The number of likely N-dealkylation sites (tertiary alicyclic amines) is 1. The number of hydrogen-bond acceptors (Lipinski definition) is 4. The maximum Gasteiger partial charge on any atom is 0.216 e. The summed E-state index contributed by atoms with van der Waals surface area (Å²) in [7, 11) is 0. The molecule has 1 aromatic heterocycles. The quantitative estimate of drug-likeness (QED) is 0.463. The summed E-state index contributed by atoms with van der Waals surface area (Å²) in [5.74, 6) is 2.38. The number of oxazole rings is 1. The van der Waals surface area contributed by atoms with Crippen LogP contribution in [0.5, 0.6) is 0 Å². The molecule has 26 heavy (non-hydrogen) atoms. The first-order valence-electron chi connectivity index (χ1n) is 9.64. The minimum absolute atomic E-state index is 0.0323. The molecule has 0 saturated carbocycles. The van der Waals surface area contributed by atoms with Crippen LogP contribution in [0.4, 0.5) is 0 Å². The Morgan fingerprint density at radius 2 is 2.08 bits per heavy atom. The average molecular weight is 362 g/mol. The van der Waals surface area contributed by atoms with E-state index in [0.29, 0.717) is 18.5 Å². The highest BCUT2D eigenvalue weighted by molar-refractivity contribution is 5.80. The van der Waals surface area contributed by atoms with Crippen LogP contribution in [0.25, 0.3) is 0 Å². The molecule has 6 nitrogen and oxygen atoms in total. The lowest BCUT2D eigenvalue weighted by molar-refractivity contribution is 0.221. The first kappa shape index (κ1) is 20.5. The molecule has 0 aromatic carbocycles. The van der Waals surface area contributed by atoms with Gasteiger partial charge >= 0.3 is 0 Å². The SMILES string of the molecule is C=C(C)CN1CCC(NC(=NCc2ncc(C(C)(C)C)o2)NCC)CC1. The molecule has 1 aliphatic rings. The Balaban J connectivity index is 1.89. The topological polar surface area (TPSA) is 65.7 Å². The summed E-state index contributed by atoms with van der Waals surface area (Å²) in [6.45, 7) is 19.0. The molecule has 1 aliphatic heterocycles. The third-order valence-electron chi connectivity index (χ3n) is 4.43. The minimum atomic E-state index is -0.0323. The van der Waals surface area contributed by atoms with Crippen molar-refractivity contribution in [1.82, 2.24) is 20.5 Å². The molecule has 0 amide bonds. The molecule has 146 valence electrons. The Morgan fingerprint density at radius 3 is 2.62 bits per heavy atom. The van der Waals surface area contributed by atoms with Gasteiger partial charge in [0.25, 0.3) is 0 Å². The zero-order valence-corrected chi connectivity index (χ0v) is 17.1. The molecule has 0 spiro atoms. The van der Waals surface area contributed by atoms with Gasteiger partial charge in [-0.15, -0.1) is 0 Å². The van der Waals surface area contributed by atoms with E-state index in [1.54, 1.807) is 0 Å². The minimum Gasteiger partial charge on any atom is -0.443 e. The van der Waals surface area contributed by atoms with Crippen LogP contribution >= 0.6 is 0 Å². The highest BCUT2D eigenvalue weighted by Gasteiger charge is 2.21. The molecule has 0 bridgehead atoms. The van der Waals surface area contributed by atoms with Crippen LogP contribution in [0.2, 0.25) is 0 Å². The van der Waals surface area contributed by atoms with Gasteiger partial charge in [-0.1, -0.05) is 32.9 Å². The molecule has 6 heteroatoms. The van der Waals surface area contributed by atoms with Crippen LogP contribution in [0.1, 0.15) is 59.1 Å². The van der Waals surface area contributed by atoms with Crippen molar-refractivity contribution >= 4 is 5.96 Å². The molecule has 1 fully saturated rings. The van der Waals surface area contributed by atoms with Crippen molar-refractivity contribution < 1.29 is 4.42 Å². The maximum atomic E-state index is 5.83. The second-order valence-corrected chi connectivity index (χ2v) is 8.22. The molecular formula is C20H35N5O. The van der Waals surface area contributed by atoms with Crippen molar-refractivity contribution in [2.24, 2.45) is 4.99 Å². The number of hydrogen-bond donors (Lipinski definition) is 2. The Hall–Kier alpha value is -1.82. The van der Waals surface area contributed by atoms with Gasteiger partial charge in [0, 0.05) is 37.6 Å². The summed E-state index contributed by atoms with van der Waals surface area (Å²) in [6, 6.07) is 0.448. The largest absolute Gasteiger partial charge is 0.443 e. The third-order valence-corrected chi connectivity index (χ3v) is 4.43. The summed E-state index contributed by atoms with van der Waals surface area (Å²) >= 11 is 0. The average Bonchev–Trinajstić information content (AvgIpc) is 3.03. The molecule has 0 atom stereocenters. The summed E-state index contributed by atoms with van der Waals surface area (Å²) in [5.41, 5.74) is 1.20. The molecule has 0 radical (unpaired) electrons. The van der Waals surface area contributed by atoms with Gasteiger partial charge in [0.15, 0.2) is 5.96 Å². The monoisotopic (exact) mass is 361 g/mol. The second kappa shape index (κ2) is 9.21. The van der Waals surface area contributed by atoms with E-state index < -0.39 is 0 Å². The Labute approximate surface area is 158 Å². The van der Waals surface area contributed by atoms with Crippen LogP contribution in [0, 0.1) is 0 Å². The Morgan fingerprint density at radius 1 is 1.38 bits per heavy atom. The van der Waals surface area contributed by atoms with Crippen molar-refractivity contribution in [3.8, 4) is 0 Å². The normalized spacial score (nSPS) is 17.3. The predicted octanol–water partition coefficient (Wildman–Crippen LogP) is 3.07. The first-order chi connectivity index (χ1) is 12.3. The van der Waals surface area contributed by atoms with Crippen LogP contribution in [0.15, 0.2) is 27.8 Å². The third kappa shape index (κ3) is 6.48. The van der Waals surface area contributed by atoms with Gasteiger partial charge in [-0.3, -0.25) is 4.90 Å². The van der Waals surface area contributed by atoms with E-state index in [4.69, 9.17) is 4.42 Å². The fraction of sp³-hybridized carbons (Fsp3) is 0.700. The molecular weight excluding hydrogens is 326 g/mol. The van der Waals surface area contributed by atoms with Gasteiger partial charge in [-0.25, -0.2) is 9.98 Å². The van der Waals surface area contributed by atoms with Gasteiger partial charge in [0.05, 0.1) is 6.20 Å². The number of nitrogens with one attached hydrogen (secondary N) is 2. The molecule has 2 rings (SSSR count). The highest BCUT2D eigenvalue weighted by atomic mass is 16.4. The van der Waals surface area contributed by atoms with E-state index in [-0.39, 0.29) is 5.41 Å². The standard InChI is InChI=1S/C20H35N5O/c1-7-21-19(23-13-18-22-12-17(26-18)20(4,5)6)24-16-8-10-25(11-9-16)14-15(2)3/h12,16H,2,7-11,13-14H2,1,3-6H3,(H2,21,23,24). The number of nitrogens with zero attached hydrogens (tertiary/aromatic N) is 3. The number of guanidine groups is 1. The van der Waals surface area contributed by atoms with Crippen molar-refractivity contribution in [2.75, 3.05) is 26.2 Å². The van der Waals surface area contributed by atoms with Crippen LogP contribution < -0.4 is 10.6 Å². The zero-order chi connectivity index (χ0) is 19.2. The molecule has 0 unspecified atom stereocenters. The van der Waals surface area contributed by atoms with Gasteiger partial charge in [0.1, 0.15) is 12.3 Å². The fourth-order valence-electron chi connectivity index (χ4n) is 3.01. The highest BCUT2D eigenvalue weighted by Crippen LogP contribution is 2.22. The van der Waals surface area contributed by atoms with Crippen LogP contribution in [-0.4, -0.2) is 48.1 Å². The van der Waals surface area contributed by atoms with Gasteiger partial charge in [-0.05, 0) is 26.7 Å². The van der Waals surface area contributed by atoms with E-state index in [0.717, 1.165) is 50.7 Å². The summed E-state index contributed by atoms with van der Waals surface area (Å²) in [4.78, 5) is 11.5. The van der Waals surface area contributed by atoms with E-state index in [9.17, 15) is 0 Å². The van der Waals surface area contributed by atoms with Crippen molar-refractivity contribution in [3.05, 3.63) is 30.0 Å². The van der Waals surface area contributed by atoms with Crippen molar-refractivity contribution in [2.45, 2.75) is 65.5 Å². The number of piperidine rings is 1. The predicted molar refractivity (Wildman–Crippen MR) is 107 cm³/mol. The lowest BCUT2D eigenvalue weighted by Crippen LogP contribution is -2.48. The lowest BCUT2D eigenvalue weighted by Gasteiger charge is -2.33. The number of rotatable bonds is 6. The number of aliphatic imine (C=N–C) groups is 1. The maximum absolute atomic E-state index is 5.83. The fourth-order valence-corrected chi connectivity index (χ4v) is 3.01. The second-order valence-electron chi connectivity index (χ2n) is 8.22. The van der Waals surface area contributed by atoms with Crippen molar-refractivity contribution in [1.29, 1.82) is 0 Å². The lowest BCUT2D eigenvalue weighted by atomic mass is 9.94. The smallest absolute Gasteiger partial charge is 0.216 e. The zero-order valence-electron chi connectivity index (χ0n) is 17.1. The first-order valence-corrected chi connectivity index (χ1v) is 9.64. The summed E-state index contributed by atoms with van der Waals surface area (Å²) in [6.07, 6.45) is 4.04. The molecule has 2 N–H and O–H groups in total. The van der Waals surface area contributed by atoms with E-state index in [2.05, 4.69) is 66.7 Å². The molecule has 2 heterocycles. The Kier molecular flexibility index (Phi) is 7.26. The number of aromatic nitrogens is 1. The van der Waals surface area contributed by atoms with Gasteiger partial charge < -0.3 is 15.1 Å².